The van der Waals surface area contributed by atoms with Crippen molar-refractivity contribution in [1.82, 2.24) is 10.6 Å². The number of benzene rings is 2. The molecule has 4 nitrogen and oxygen atoms in total. The molecule has 0 aliphatic rings. The molecule has 0 saturated carbocycles. The molecule has 0 heterocycles. The van der Waals surface area contributed by atoms with Gasteiger partial charge in [-0.1, -0.05) is 60.7 Å². The second-order valence-corrected chi connectivity index (χ2v) is 5.67. The number of halogens is 2. The SMILES string of the molecule is O=C(NC(CCCO)c1ccccc1)NC(c1ccccc1)C(F)F. The van der Waals surface area contributed by atoms with Gasteiger partial charge in [0.05, 0.1) is 6.04 Å². The van der Waals surface area contributed by atoms with E-state index in [4.69, 9.17) is 5.11 Å². The van der Waals surface area contributed by atoms with Crippen molar-refractivity contribution in [1.29, 1.82) is 0 Å². The summed E-state index contributed by atoms with van der Waals surface area (Å²) in [5, 5.41) is 14.1. The van der Waals surface area contributed by atoms with Crippen LogP contribution in [0.2, 0.25) is 0 Å². The molecule has 2 aromatic carbocycles. The number of hydrogen-bond acceptors (Lipinski definition) is 2. The average molecular weight is 348 g/mol. The zero-order chi connectivity index (χ0) is 18.1. The van der Waals surface area contributed by atoms with Gasteiger partial charge in [0.25, 0.3) is 6.43 Å². The first-order valence-corrected chi connectivity index (χ1v) is 8.17. The molecule has 2 unspecified atom stereocenters. The van der Waals surface area contributed by atoms with Gasteiger partial charge in [-0.3, -0.25) is 0 Å². The van der Waals surface area contributed by atoms with Crippen molar-refractivity contribution in [3.8, 4) is 0 Å². The Kier molecular flexibility index (Phi) is 7.35. The molecule has 0 aliphatic heterocycles. The molecule has 0 aromatic heterocycles. The van der Waals surface area contributed by atoms with Crippen molar-refractivity contribution in [2.75, 3.05) is 6.61 Å². The third-order valence-corrected chi connectivity index (χ3v) is 3.86. The van der Waals surface area contributed by atoms with E-state index in [0.717, 1.165) is 5.56 Å². The molecule has 2 rings (SSSR count). The van der Waals surface area contributed by atoms with Crippen LogP contribution in [-0.4, -0.2) is 24.2 Å². The summed E-state index contributed by atoms with van der Waals surface area (Å²) in [5.74, 6) is 0. The van der Waals surface area contributed by atoms with Crippen LogP contribution in [0.25, 0.3) is 0 Å². The summed E-state index contributed by atoms with van der Waals surface area (Å²) in [7, 11) is 0. The number of carbonyl (C=O) groups excluding carboxylic acids is 1. The van der Waals surface area contributed by atoms with E-state index in [1.54, 1.807) is 30.3 Å². The van der Waals surface area contributed by atoms with E-state index in [0.29, 0.717) is 18.4 Å². The van der Waals surface area contributed by atoms with Gasteiger partial charge in [0, 0.05) is 6.61 Å². The predicted molar refractivity (Wildman–Crippen MR) is 92.4 cm³/mol. The number of nitrogens with one attached hydrogen (secondary N) is 2. The Morgan fingerprint density at radius 2 is 1.48 bits per heavy atom. The van der Waals surface area contributed by atoms with Crippen molar-refractivity contribution in [2.45, 2.75) is 31.4 Å². The van der Waals surface area contributed by atoms with Crippen LogP contribution in [0.5, 0.6) is 0 Å². The first-order chi connectivity index (χ1) is 12.1. The Hall–Kier alpha value is -2.47. The van der Waals surface area contributed by atoms with Crippen molar-refractivity contribution in [2.24, 2.45) is 0 Å². The Balaban J connectivity index is 2.06. The maximum absolute atomic E-state index is 13.3. The lowest BCUT2D eigenvalue weighted by atomic mass is 10.0. The van der Waals surface area contributed by atoms with Gasteiger partial charge in [0.15, 0.2) is 0 Å². The second kappa shape index (κ2) is 9.74. The fourth-order valence-corrected chi connectivity index (χ4v) is 2.60. The number of aliphatic hydroxyl groups excluding tert-OH is 1. The molecule has 3 N–H and O–H groups in total. The van der Waals surface area contributed by atoms with Gasteiger partial charge in [-0.15, -0.1) is 0 Å². The fraction of sp³-hybridized carbons (Fsp3) is 0.316. The molecule has 0 radical (unpaired) electrons. The lowest BCUT2D eigenvalue weighted by molar-refractivity contribution is 0.101. The second-order valence-electron chi connectivity index (χ2n) is 5.67. The minimum atomic E-state index is -2.72. The number of hydrogen-bond donors (Lipinski definition) is 3. The number of amides is 2. The van der Waals surface area contributed by atoms with Gasteiger partial charge < -0.3 is 15.7 Å². The van der Waals surface area contributed by atoms with E-state index in [2.05, 4.69) is 10.6 Å². The first kappa shape index (κ1) is 18.9. The molecule has 2 aromatic rings. The molecule has 25 heavy (non-hydrogen) atoms. The van der Waals surface area contributed by atoms with Crippen LogP contribution in [0.15, 0.2) is 60.7 Å². The topological polar surface area (TPSA) is 61.4 Å². The number of alkyl halides is 2. The Morgan fingerprint density at radius 1 is 0.920 bits per heavy atom. The number of urea groups is 1. The predicted octanol–water partition coefficient (Wildman–Crippen LogP) is 3.81. The van der Waals surface area contributed by atoms with Gasteiger partial charge in [-0.25, -0.2) is 13.6 Å². The summed E-state index contributed by atoms with van der Waals surface area (Å²) in [4.78, 5) is 12.3. The summed E-state index contributed by atoms with van der Waals surface area (Å²) in [6.45, 7) is -0.00366. The quantitative estimate of drug-likeness (QED) is 0.679. The van der Waals surface area contributed by atoms with Gasteiger partial charge in [0.2, 0.25) is 0 Å². The third-order valence-electron chi connectivity index (χ3n) is 3.86. The highest BCUT2D eigenvalue weighted by molar-refractivity contribution is 5.75. The first-order valence-electron chi connectivity index (χ1n) is 8.17. The van der Waals surface area contributed by atoms with E-state index in [9.17, 15) is 13.6 Å². The van der Waals surface area contributed by atoms with E-state index >= 15 is 0 Å². The lowest BCUT2D eigenvalue weighted by Gasteiger charge is -2.23. The lowest BCUT2D eigenvalue weighted by Crippen LogP contribution is -2.42. The monoisotopic (exact) mass is 348 g/mol. The normalized spacial score (nSPS) is 13.3. The van der Waals surface area contributed by atoms with Crippen molar-refractivity contribution in [3.05, 3.63) is 71.8 Å². The number of aliphatic hydroxyl groups is 1. The van der Waals surface area contributed by atoms with E-state index < -0.39 is 18.5 Å². The highest BCUT2D eigenvalue weighted by Gasteiger charge is 2.25. The third kappa shape index (κ3) is 5.83. The molecule has 2 amide bonds. The van der Waals surface area contributed by atoms with Crippen LogP contribution in [0, 0.1) is 0 Å². The molecule has 2 atom stereocenters. The fourth-order valence-electron chi connectivity index (χ4n) is 2.60. The molecule has 0 bridgehead atoms. The molecule has 0 aliphatic carbocycles. The van der Waals surface area contributed by atoms with Crippen molar-refractivity contribution in [3.63, 3.8) is 0 Å². The number of carbonyl (C=O) groups is 1. The van der Waals surface area contributed by atoms with Crippen LogP contribution in [0.1, 0.15) is 36.1 Å². The Bertz CT molecular complexity index is 638. The van der Waals surface area contributed by atoms with Crippen LogP contribution >= 0.6 is 0 Å². The van der Waals surface area contributed by atoms with Crippen molar-refractivity contribution >= 4 is 6.03 Å². The highest BCUT2D eigenvalue weighted by atomic mass is 19.3. The van der Waals surface area contributed by atoms with Gasteiger partial charge in [0.1, 0.15) is 6.04 Å². The maximum Gasteiger partial charge on any atom is 0.315 e. The zero-order valence-corrected chi connectivity index (χ0v) is 13.7. The molecule has 134 valence electrons. The minimum Gasteiger partial charge on any atom is -0.396 e. The molecule has 0 fully saturated rings. The van der Waals surface area contributed by atoms with Gasteiger partial charge in [-0.05, 0) is 24.0 Å². The summed E-state index contributed by atoms with van der Waals surface area (Å²) in [6, 6.07) is 15.0. The molecular weight excluding hydrogens is 326 g/mol. The van der Waals surface area contributed by atoms with Gasteiger partial charge >= 0.3 is 6.03 Å². The maximum atomic E-state index is 13.3. The standard InChI is InChI=1S/C19H22F2N2O2/c20-18(21)17(15-10-5-2-6-11-15)23-19(25)22-16(12-7-13-24)14-8-3-1-4-9-14/h1-6,8-11,16-18,24H,7,12-13H2,(H2,22,23,25). The van der Waals surface area contributed by atoms with E-state index in [1.165, 1.54) is 0 Å². The molecule has 0 spiro atoms. The minimum absolute atomic E-state index is 0.00366. The zero-order valence-electron chi connectivity index (χ0n) is 13.7. The smallest absolute Gasteiger partial charge is 0.315 e. The summed E-state index contributed by atoms with van der Waals surface area (Å²) in [6.07, 6.45) is -1.71. The largest absolute Gasteiger partial charge is 0.396 e. The van der Waals surface area contributed by atoms with Gasteiger partial charge in [-0.2, -0.15) is 0 Å². The van der Waals surface area contributed by atoms with Crippen LogP contribution in [0.4, 0.5) is 13.6 Å². The molecule has 6 heteroatoms. The number of rotatable bonds is 8. The van der Waals surface area contributed by atoms with Crippen LogP contribution < -0.4 is 10.6 Å². The van der Waals surface area contributed by atoms with Crippen molar-refractivity contribution < 1.29 is 18.7 Å². The molecule has 0 saturated heterocycles. The summed E-state index contributed by atoms with van der Waals surface area (Å²) < 4.78 is 26.7. The van der Waals surface area contributed by atoms with E-state index in [-0.39, 0.29) is 12.6 Å². The van der Waals surface area contributed by atoms with Crippen LogP contribution in [-0.2, 0) is 0 Å². The van der Waals surface area contributed by atoms with E-state index in [1.807, 2.05) is 30.3 Å². The van der Waals surface area contributed by atoms with Crippen LogP contribution in [0.3, 0.4) is 0 Å². The Labute approximate surface area is 145 Å². The molecular formula is C19H22F2N2O2. The summed E-state index contributed by atoms with van der Waals surface area (Å²) >= 11 is 0. The highest BCUT2D eigenvalue weighted by Crippen LogP contribution is 2.22. The average Bonchev–Trinajstić information content (AvgIpc) is 2.64. The summed E-state index contributed by atoms with van der Waals surface area (Å²) in [5.41, 5.74) is 1.21. The Morgan fingerprint density at radius 3 is 2.00 bits per heavy atom.